The maximum absolute atomic E-state index is 13.5. The summed E-state index contributed by atoms with van der Waals surface area (Å²) < 4.78 is 0. The Balaban J connectivity index is 1.81. The number of rotatable bonds is 3. The molecule has 1 fully saturated rings. The molecule has 6 nitrogen and oxygen atoms in total. The first-order valence-corrected chi connectivity index (χ1v) is 12.2. The summed E-state index contributed by atoms with van der Waals surface area (Å²) in [5.74, 6) is -0.948. The van der Waals surface area contributed by atoms with Crippen molar-refractivity contribution in [3.63, 3.8) is 0 Å². The topological polar surface area (TPSA) is 69.7 Å². The number of amides is 4. The summed E-state index contributed by atoms with van der Waals surface area (Å²) in [7, 11) is 0. The van der Waals surface area contributed by atoms with Crippen LogP contribution in [0.15, 0.2) is 35.9 Å². The third kappa shape index (κ3) is 4.15. The molecular formula is C29H35N3O3. The number of nitrogens with zero attached hydrogens (tertiary/aromatic N) is 2. The fourth-order valence-corrected chi connectivity index (χ4v) is 5.76. The van der Waals surface area contributed by atoms with Gasteiger partial charge < -0.3 is 4.90 Å². The van der Waals surface area contributed by atoms with Crippen LogP contribution in [0.4, 0.5) is 16.2 Å². The monoisotopic (exact) mass is 473 g/mol. The third-order valence-corrected chi connectivity index (χ3v) is 7.40. The lowest BCUT2D eigenvalue weighted by atomic mass is 9.78. The van der Waals surface area contributed by atoms with E-state index in [-0.39, 0.29) is 11.1 Å². The van der Waals surface area contributed by atoms with Gasteiger partial charge in [-0.1, -0.05) is 19.1 Å². The number of nitrogens with one attached hydrogen (secondary N) is 1. The average molecular weight is 474 g/mol. The van der Waals surface area contributed by atoms with Crippen LogP contribution in [0.25, 0.3) is 6.08 Å². The second-order valence-corrected chi connectivity index (χ2v) is 10.8. The lowest BCUT2D eigenvalue weighted by Gasteiger charge is -2.50. The molecule has 2 aliphatic rings. The second kappa shape index (κ2) is 8.67. The molecule has 1 N–H and O–H groups in total. The molecule has 184 valence electrons. The molecule has 1 saturated heterocycles. The van der Waals surface area contributed by atoms with Gasteiger partial charge in [0.1, 0.15) is 5.57 Å². The van der Waals surface area contributed by atoms with E-state index in [0.717, 1.165) is 33.6 Å². The van der Waals surface area contributed by atoms with E-state index in [2.05, 4.69) is 57.0 Å². The van der Waals surface area contributed by atoms with Gasteiger partial charge in [-0.15, -0.1) is 0 Å². The molecule has 1 unspecified atom stereocenters. The maximum Gasteiger partial charge on any atom is 0.335 e. The van der Waals surface area contributed by atoms with Crippen LogP contribution in [0.3, 0.4) is 0 Å². The highest BCUT2D eigenvalue weighted by atomic mass is 16.2. The standard InChI is InChI=1S/C29H35N3O3/c1-16(2)32-25-12-18(4)21(13-22(25)19(5)15-29(32,7)8)14-23-26(33)30-28(35)31(27(23)34)24-11-9-10-17(3)20(24)6/h9-14,16,19H,15H2,1-8H3,(H,30,33,35)/b23-14+. The van der Waals surface area contributed by atoms with Gasteiger partial charge in [-0.3, -0.25) is 14.9 Å². The minimum absolute atomic E-state index is 0.0266. The van der Waals surface area contributed by atoms with E-state index in [1.54, 1.807) is 18.2 Å². The van der Waals surface area contributed by atoms with Crippen molar-refractivity contribution in [3.8, 4) is 0 Å². The number of hydrogen-bond donors (Lipinski definition) is 1. The molecule has 2 aromatic carbocycles. The first-order valence-electron chi connectivity index (χ1n) is 12.2. The summed E-state index contributed by atoms with van der Waals surface area (Å²) in [6.45, 7) is 17.0. The molecule has 0 aliphatic carbocycles. The number of carbonyl (C=O) groups excluding carboxylic acids is 3. The van der Waals surface area contributed by atoms with Crippen LogP contribution >= 0.6 is 0 Å². The number of benzene rings is 2. The molecule has 2 aliphatic heterocycles. The van der Waals surface area contributed by atoms with Gasteiger partial charge in [0, 0.05) is 17.3 Å². The van der Waals surface area contributed by atoms with Gasteiger partial charge >= 0.3 is 6.03 Å². The number of anilines is 2. The van der Waals surface area contributed by atoms with E-state index in [1.165, 1.54) is 11.3 Å². The molecule has 0 aromatic heterocycles. The van der Waals surface area contributed by atoms with Crippen molar-refractivity contribution in [1.29, 1.82) is 0 Å². The Bertz CT molecular complexity index is 1270. The van der Waals surface area contributed by atoms with Gasteiger partial charge in [-0.2, -0.15) is 0 Å². The molecule has 0 bridgehead atoms. The highest BCUT2D eigenvalue weighted by molar-refractivity contribution is 6.39. The van der Waals surface area contributed by atoms with Crippen molar-refractivity contribution in [2.75, 3.05) is 9.80 Å². The number of barbiturate groups is 1. The largest absolute Gasteiger partial charge is 0.364 e. The number of hydrogen-bond acceptors (Lipinski definition) is 4. The molecule has 35 heavy (non-hydrogen) atoms. The van der Waals surface area contributed by atoms with Gasteiger partial charge in [0.2, 0.25) is 0 Å². The van der Waals surface area contributed by atoms with Crippen LogP contribution in [0, 0.1) is 20.8 Å². The second-order valence-electron chi connectivity index (χ2n) is 10.8. The van der Waals surface area contributed by atoms with Gasteiger partial charge in [0.15, 0.2) is 0 Å². The van der Waals surface area contributed by atoms with Crippen LogP contribution in [-0.2, 0) is 9.59 Å². The number of imide groups is 2. The first kappa shape index (κ1) is 24.7. The molecule has 6 heteroatoms. The Morgan fingerprint density at radius 2 is 1.71 bits per heavy atom. The fourth-order valence-electron chi connectivity index (χ4n) is 5.76. The molecule has 0 radical (unpaired) electrons. The normalized spacial score (nSPS) is 21.0. The van der Waals surface area contributed by atoms with Gasteiger partial charge in [-0.25, -0.2) is 9.69 Å². The number of urea groups is 1. The zero-order chi connectivity index (χ0) is 25.8. The van der Waals surface area contributed by atoms with Gasteiger partial charge in [0.05, 0.1) is 5.69 Å². The summed E-state index contributed by atoms with van der Waals surface area (Å²) >= 11 is 0. The minimum Gasteiger partial charge on any atom is -0.364 e. The lowest BCUT2D eigenvalue weighted by molar-refractivity contribution is -0.122. The van der Waals surface area contributed by atoms with Crippen molar-refractivity contribution in [1.82, 2.24) is 5.32 Å². The predicted molar refractivity (Wildman–Crippen MR) is 141 cm³/mol. The van der Waals surface area contributed by atoms with Crippen molar-refractivity contribution < 1.29 is 14.4 Å². The van der Waals surface area contributed by atoms with Crippen LogP contribution < -0.4 is 15.1 Å². The van der Waals surface area contributed by atoms with Crippen molar-refractivity contribution in [2.45, 2.75) is 79.3 Å². The fraction of sp³-hybridized carbons (Fsp3) is 0.414. The lowest BCUT2D eigenvalue weighted by Crippen LogP contribution is -2.54. The first-order chi connectivity index (χ1) is 16.3. The number of aryl methyl sites for hydroxylation is 2. The summed E-state index contributed by atoms with van der Waals surface area (Å²) in [5, 5.41) is 2.35. The Morgan fingerprint density at radius 3 is 2.37 bits per heavy atom. The zero-order valence-electron chi connectivity index (χ0n) is 21.9. The highest BCUT2D eigenvalue weighted by Gasteiger charge is 2.39. The minimum atomic E-state index is -0.726. The number of fused-ring (bicyclic) bond motifs is 1. The van der Waals surface area contributed by atoms with E-state index >= 15 is 0 Å². The van der Waals surface area contributed by atoms with E-state index in [9.17, 15) is 14.4 Å². The molecular weight excluding hydrogens is 438 g/mol. The van der Waals surface area contributed by atoms with Crippen molar-refractivity contribution >= 4 is 35.3 Å². The Kier molecular flexibility index (Phi) is 6.12. The molecule has 4 amide bonds. The van der Waals surface area contributed by atoms with E-state index in [1.807, 2.05) is 26.8 Å². The quantitative estimate of drug-likeness (QED) is 0.453. The average Bonchev–Trinajstić information content (AvgIpc) is 2.73. The molecule has 4 rings (SSSR count). The summed E-state index contributed by atoms with van der Waals surface area (Å²) in [6, 6.07) is 9.33. The molecule has 2 heterocycles. The zero-order valence-corrected chi connectivity index (χ0v) is 21.9. The predicted octanol–water partition coefficient (Wildman–Crippen LogP) is 5.78. The van der Waals surface area contributed by atoms with Crippen LogP contribution in [-0.4, -0.2) is 29.4 Å². The molecule has 0 spiro atoms. The summed E-state index contributed by atoms with van der Waals surface area (Å²) in [5.41, 5.74) is 6.45. The van der Waals surface area contributed by atoms with Gasteiger partial charge in [0.25, 0.3) is 11.8 Å². The van der Waals surface area contributed by atoms with Crippen LogP contribution in [0.2, 0.25) is 0 Å². The van der Waals surface area contributed by atoms with E-state index in [4.69, 9.17) is 0 Å². The van der Waals surface area contributed by atoms with Crippen LogP contribution in [0.5, 0.6) is 0 Å². The van der Waals surface area contributed by atoms with E-state index in [0.29, 0.717) is 17.6 Å². The molecule has 1 atom stereocenters. The summed E-state index contributed by atoms with van der Waals surface area (Å²) in [6.07, 6.45) is 2.63. The van der Waals surface area contributed by atoms with Crippen molar-refractivity contribution in [3.05, 3.63) is 63.7 Å². The Labute approximate surface area is 208 Å². The Morgan fingerprint density at radius 1 is 1.03 bits per heavy atom. The third-order valence-electron chi connectivity index (χ3n) is 7.40. The highest BCUT2D eigenvalue weighted by Crippen LogP contribution is 2.45. The van der Waals surface area contributed by atoms with Gasteiger partial charge in [-0.05, 0) is 113 Å². The molecule has 2 aromatic rings. The smallest absolute Gasteiger partial charge is 0.335 e. The SMILES string of the molecule is Cc1cc2c(cc1/C=C1\C(=O)NC(=O)N(c3cccc(C)c3C)C1=O)C(C)CC(C)(C)N2C(C)C. The maximum atomic E-state index is 13.5. The van der Waals surface area contributed by atoms with Crippen LogP contribution in [0.1, 0.15) is 74.8 Å². The van der Waals surface area contributed by atoms with E-state index < -0.39 is 17.8 Å². The van der Waals surface area contributed by atoms with Crippen molar-refractivity contribution in [2.24, 2.45) is 0 Å². The summed E-state index contributed by atoms with van der Waals surface area (Å²) in [4.78, 5) is 42.5. The number of carbonyl (C=O) groups is 3. The molecule has 0 saturated carbocycles. The Hall–Kier alpha value is -3.41.